The molecule has 0 unspecified atom stereocenters. The third-order valence-electron chi connectivity index (χ3n) is 5.13. The number of pyridine rings is 1. The molecule has 120 valence electrons. The van der Waals surface area contributed by atoms with Crippen molar-refractivity contribution in [2.45, 2.75) is 32.1 Å². The monoisotopic (exact) mass is 313 g/mol. The van der Waals surface area contributed by atoms with E-state index < -0.39 is 0 Å². The first-order valence-electron chi connectivity index (χ1n) is 9.00. The second-order valence-corrected chi connectivity index (χ2v) is 6.81. The number of rotatable bonds is 4. The van der Waals surface area contributed by atoms with Crippen LogP contribution in [0.5, 0.6) is 0 Å². The molecule has 0 radical (unpaired) electrons. The van der Waals surface area contributed by atoms with Crippen LogP contribution in [0.1, 0.15) is 31.2 Å². The molecular weight excluding hydrogens is 290 g/mol. The number of nitrogens with zero attached hydrogens (tertiary/aromatic N) is 1. The third kappa shape index (κ3) is 3.26. The van der Waals surface area contributed by atoms with Crippen LogP contribution < -0.4 is 0 Å². The van der Waals surface area contributed by atoms with E-state index in [1.165, 1.54) is 54.4 Å². The van der Waals surface area contributed by atoms with Crippen LogP contribution in [0, 0.1) is 5.92 Å². The highest BCUT2D eigenvalue weighted by molar-refractivity contribution is 5.70. The molecular formula is C23H23N. The maximum atomic E-state index is 4.76. The number of aromatic nitrogens is 1. The fraction of sp³-hybridized carbons (Fsp3) is 0.261. The summed E-state index contributed by atoms with van der Waals surface area (Å²) in [5.74, 6) is 0.832. The molecule has 0 N–H and O–H groups in total. The molecule has 1 heteroatoms. The van der Waals surface area contributed by atoms with Crippen LogP contribution in [0.15, 0.2) is 72.9 Å². The van der Waals surface area contributed by atoms with Crippen LogP contribution >= 0.6 is 0 Å². The zero-order valence-electron chi connectivity index (χ0n) is 14.0. The van der Waals surface area contributed by atoms with E-state index in [0.717, 1.165) is 11.6 Å². The summed E-state index contributed by atoms with van der Waals surface area (Å²) in [5.41, 5.74) is 6.30. The molecule has 1 heterocycles. The van der Waals surface area contributed by atoms with Gasteiger partial charge in [0.2, 0.25) is 0 Å². The molecule has 4 rings (SSSR count). The summed E-state index contributed by atoms with van der Waals surface area (Å²) in [6, 6.07) is 23.5. The molecule has 0 atom stereocenters. The van der Waals surface area contributed by atoms with Gasteiger partial charge in [0.05, 0.1) is 5.69 Å². The highest BCUT2D eigenvalue weighted by Gasteiger charge is 2.18. The summed E-state index contributed by atoms with van der Waals surface area (Å²) >= 11 is 0. The van der Waals surface area contributed by atoms with Crippen LogP contribution in [0.25, 0.3) is 22.4 Å². The quantitative estimate of drug-likeness (QED) is 0.563. The molecule has 1 aromatic heterocycles. The lowest BCUT2D eigenvalue weighted by atomic mass is 9.91. The molecule has 1 aliphatic carbocycles. The Labute approximate surface area is 144 Å². The molecule has 1 fully saturated rings. The maximum Gasteiger partial charge on any atom is 0.0705 e. The minimum Gasteiger partial charge on any atom is -0.256 e. The summed E-state index contributed by atoms with van der Waals surface area (Å²) in [5, 5.41) is 0. The van der Waals surface area contributed by atoms with E-state index in [9.17, 15) is 0 Å². The highest BCUT2D eigenvalue weighted by atomic mass is 14.7. The molecule has 0 bridgehead atoms. The van der Waals surface area contributed by atoms with Gasteiger partial charge in [0.25, 0.3) is 0 Å². The first-order chi connectivity index (χ1) is 11.9. The average molecular weight is 313 g/mol. The van der Waals surface area contributed by atoms with E-state index in [0.29, 0.717) is 0 Å². The van der Waals surface area contributed by atoms with Gasteiger partial charge in [-0.2, -0.15) is 0 Å². The zero-order chi connectivity index (χ0) is 16.2. The molecule has 3 aromatic rings. The summed E-state index contributed by atoms with van der Waals surface area (Å²) in [7, 11) is 0. The summed E-state index contributed by atoms with van der Waals surface area (Å²) in [6.07, 6.45) is 8.77. The van der Waals surface area contributed by atoms with E-state index in [4.69, 9.17) is 4.98 Å². The highest BCUT2D eigenvalue weighted by Crippen LogP contribution is 2.33. The second-order valence-electron chi connectivity index (χ2n) is 6.81. The van der Waals surface area contributed by atoms with Crippen molar-refractivity contribution >= 4 is 0 Å². The molecule has 2 aromatic carbocycles. The Kier molecular flexibility index (Phi) is 4.42. The van der Waals surface area contributed by atoms with Gasteiger partial charge >= 0.3 is 0 Å². The van der Waals surface area contributed by atoms with Crippen LogP contribution in [-0.4, -0.2) is 4.98 Å². The van der Waals surface area contributed by atoms with Gasteiger partial charge in [-0.05, 0) is 29.5 Å². The molecule has 0 aliphatic heterocycles. The van der Waals surface area contributed by atoms with Crippen molar-refractivity contribution in [2.24, 2.45) is 5.92 Å². The van der Waals surface area contributed by atoms with Gasteiger partial charge < -0.3 is 0 Å². The Hall–Kier alpha value is -2.41. The first-order valence-corrected chi connectivity index (χ1v) is 9.00. The lowest BCUT2D eigenvalue weighted by Gasteiger charge is -2.15. The minimum absolute atomic E-state index is 0.832. The number of hydrogen-bond donors (Lipinski definition) is 0. The molecule has 24 heavy (non-hydrogen) atoms. The second kappa shape index (κ2) is 7.00. The molecule has 0 spiro atoms. The Balaban J connectivity index is 1.75. The Morgan fingerprint density at radius 3 is 2.08 bits per heavy atom. The number of hydrogen-bond acceptors (Lipinski definition) is 1. The lowest BCUT2D eigenvalue weighted by Crippen LogP contribution is -2.02. The predicted molar refractivity (Wildman–Crippen MR) is 101 cm³/mol. The van der Waals surface area contributed by atoms with Crippen molar-refractivity contribution in [3.05, 3.63) is 78.5 Å². The SMILES string of the molecule is c1ccc(-c2cc(CC3CCCC3)c(-c3ccccc3)cn2)cc1. The van der Waals surface area contributed by atoms with E-state index in [1.54, 1.807) is 0 Å². The van der Waals surface area contributed by atoms with Gasteiger partial charge in [0.1, 0.15) is 0 Å². The maximum absolute atomic E-state index is 4.76. The largest absolute Gasteiger partial charge is 0.256 e. The summed E-state index contributed by atoms with van der Waals surface area (Å²) in [6.45, 7) is 0. The van der Waals surface area contributed by atoms with Crippen molar-refractivity contribution in [1.82, 2.24) is 4.98 Å². The van der Waals surface area contributed by atoms with Gasteiger partial charge in [-0.1, -0.05) is 86.3 Å². The van der Waals surface area contributed by atoms with Crippen LogP contribution in [-0.2, 0) is 6.42 Å². The van der Waals surface area contributed by atoms with Crippen molar-refractivity contribution in [3.63, 3.8) is 0 Å². The van der Waals surface area contributed by atoms with Gasteiger partial charge in [0, 0.05) is 17.3 Å². The smallest absolute Gasteiger partial charge is 0.0705 e. The molecule has 0 saturated heterocycles. The van der Waals surface area contributed by atoms with Crippen LogP contribution in [0.2, 0.25) is 0 Å². The number of benzene rings is 2. The molecule has 0 amide bonds. The average Bonchev–Trinajstić information content (AvgIpc) is 3.16. The molecule has 1 aliphatic rings. The fourth-order valence-corrected chi connectivity index (χ4v) is 3.84. The lowest BCUT2D eigenvalue weighted by molar-refractivity contribution is 0.547. The van der Waals surface area contributed by atoms with Gasteiger partial charge in [-0.25, -0.2) is 0 Å². The fourth-order valence-electron chi connectivity index (χ4n) is 3.84. The first kappa shape index (κ1) is 15.1. The Bertz CT molecular complexity index is 787. The Morgan fingerprint density at radius 1 is 0.792 bits per heavy atom. The van der Waals surface area contributed by atoms with E-state index in [2.05, 4.69) is 72.9 Å². The predicted octanol–water partition coefficient (Wildman–Crippen LogP) is 6.15. The zero-order valence-corrected chi connectivity index (χ0v) is 14.0. The van der Waals surface area contributed by atoms with Crippen molar-refractivity contribution in [2.75, 3.05) is 0 Å². The minimum atomic E-state index is 0.832. The normalized spacial score (nSPS) is 14.8. The van der Waals surface area contributed by atoms with Gasteiger partial charge in [0.15, 0.2) is 0 Å². The molecule has 1 nitrogen and oxygen atoms in total. The van der Waals surface area contributed by atoms with Crippen molar-refractivity contribution in [1.29, 1.82) is 0 Å². The van der Waals surface area contributed by atoms with E-state index in [1.807, 2.05) is 0 Å². The third-order valence-corrected chi connectivity index (χ3v) is 5.13. The van der Waals surface area contributed by atoms with Gasteiger partial charge in [-0.15, -0.1) is 0 Å². The van der Waals surface area contributed by atoms with E-state index >= 15 is 0 Å². The van der Waals surface area contributed by atoms with Gasteiger partial charge in [-0.3, -0.25) is 4.98 Å². The Morgan fingerprint density at radius 2 is 1.42 bits per heavy atom. The topological polar surface area (TPSA) is 12.9 Å². The van der Waals surface area contributed by atoms with Crippen LogP contribution in [0.4, 0.5) is 0 Å². The van der Waals surface area contributed by atoms with Crippen LogP contribution in [0.3, 0.4) is 0 Å². The van der Waals surface area contributed by atoms with Crippen molar-refractivity contribution in [3.8, 4) is 22.4 Å². The standard InChI is InChI=1S/C23H23N/c1-3-11-19(12-4-1)22-17-24-23(20-13-5-2-6-14-20)16-21(22)15-18-9-7-8-10-18/h1-6,11-14,16-18H,7-10,15H2. The van der Waals surface area contributed by atoms with Crippen molar-refractivity contribution < 1.29 is 0 Å². The summed E-state index contributed by atoms with van der Waals surface area (Å²) < 4.78 is 0. The van der Waals surface area contributed by atoms with E-state index in [-0.39, 0.29) is 0 Å². The molecule has 1 saturated carbocycles. The summed E-state index contributed by atoms with van der Waals surface area (Å²) in [4.78, 5) is 4.76.